The third-order valence-electron chi connectivity index (χ3n) is 3.97. The predicted molar refractivity (Wildman–Crippen MR) is 102 cm³/mol. The molecule has 0 spiro atoms. The smallest absolute Gasteiger partial charge is 0.266 e. The molecule has 0 aliphatic rings. The van der Waals surface area contributed by atoms with Crippen molar-refractivity contribution < 1.29 is 9.15 Å². The average Bonchev–Trinajstić information content (AvgIpc) is 3.12. The van der Waals surface area contributed by atoms with Crippen LogP contribution in [0.1, 0.15) is 11.8 Å². The molecule has 0 atom stereocenters. The van der Waals surface area contributed by atoms with Gasteiger partial charge in [0.1, 0.15) is 5.75 Å². The minimum Gasteiger partial charge on any atom is -0.497 e. The minimum atomic E-state index is -0.130. The first-order valence-corrected chi connectivity index (χ1v) is 9.22. The molecule has 2 heterocycles. The molecule has 27 heavy (non-hydrogen) atoms. The van der Waals surface area contributed by atoms with Crippen molar-refractivity contribution in [3.63, 3.8) is 0 Å². The van der Waals surface area contributed by atoms with E-state index in [1.807, 2.05) is 42.5 Å². The van der Waals surface area contributed by atoms with Crippen molar-refractivity contribution in [3.05, 3.63) is 70.7 Å². The number of benzene rings is 2. The monoisotopic (exact) mass is 380 g/mol. The minimum absolute atomic E-state index is 0.130. The maximum absolute atomic E-state index is 13.1. The second-order valence-electron chi connectivity index (χ2n) is 5.75. The average molecular weight is 380 g/mol. The van der Waals surface area contributed by atoms with E-state index in [0.717, 1.165) is 5.75 Å². The van der Waals surface area contributed by atoms with E-state index in [9.17, 15) is 4.79 Å². The Kier molecular flexibility index (Phi) is 4.64. The molecule has 4 rings (SSSR count). The highest BCUT2D eigenvalue weighted by atomic mass is 32.2. The van der Waals surface area contributed by atoms with Crippen LogP contribution in [0, 0.1) is 6.92 Å². The van der Waals surface area contributed by atoms with Crippen LogP contribution in [0.5, 0.6) is 5.75 Å². The first kappa shape index (κ1) is 17.3. The van der Waals surface area contributed by atoms with Gasteiger partial charge in [-0.3, -0.25) is 9.36 Å². The maximum atomic E-state index is 13.1. The van der Waals surface area contributed by atoms with Crippen molar-refractivity contribution in [1.29, 1.82) is 0 Å². The summed E-state index contributed by atoms with van der Waals surface area (Å²) in [6.07, 6.45) is 0. The van der Waals surface area contributed by atoms with Crippen LogP contribution in [0.25, 0.3) is 16.6 Å². The van der Waals surface area contributed by atoms with Crippen molar-refractivity contribution in [1.82, 2.24) is 19.7 Å². The Balaban J connectivity index is 1.82. The second kappa shape index (κ2) is 7.24. The molecular formula is C19H16N4O3S. The van der Waals surface area contributed by atoms with Gasteiger partial charge < -0.3 is 9.15 Å². The van der Waals surface area contributed by atoms with Crippen molar-refractivity contribution in [3.8, 4) is 11.4 Å². The normalized spacial score (nSPS) is 11.0. The summed E-state index contributed by atoms with van der Waals surface area (Å²) in [6, 6.07) is 14.6. The van der Waals surface area contributed by atoms with Crippen LogP contribution in [0.15, 0.2) is 62.9 Å². The van der Waals surface area contributed by atoms with E-state index < -0.39 is 0 Å². The Morgan fingerprint density at radius 2 is 1.89 bits per heavy atom. The molecule has 0 fully saturated rings. The van der Waals surface area contributed by atoms with Gasteiger partial charge in [-0.25, -0.2) is 4.98 Å². The van der Waals surface area contributed by atoms with Crippen molar-refractivity contribution >= 4 is 22.7 Å². The van der Waals surface area contributed by atoms with Gasteiger partial charge in [0.2, 0.25) is 11.8 Å². The standard InChI is InChI=1S/C19H16N4O3S/c1-12-21-22-17(26-12)11-27-19-20-16-6-4-3-5-15(16)18(24)23(19)13-7-9-14(25-2)10-8-13/h3-10H,11H2,1-2H3. The fourth-order valence-electron chi connectivity index (χ4n) is 2.69. The lowest BCUT2D eigenvalue weighted by atomic mass is 10.2. The molecule has 136 valence electrons. The molecule has 0 N–H and O–H groups in total. The lowest BCUT2D eigenvalue weighted by Gasteiger charge is -2.13. The SMILES string of the molecule is COc1ccc(-n2c(SCc3nnc(C)o3)nc3ccccc3c2=O)cc1. The van der Waals surface area contributed by atoms with Gasteiger partial charge in [-0.2, -0.15) is 0 Å². The second-order valence-corrected chi connectivity index (χ2v) is 6.70. The Bertz CT molecular complexity index is 1150. The Hall–Kier alpha value is -3.13. The molecule has 0 saturated carbocycles. The van der Waals surface area contributed by atoms with Gasteiger partial charge in [0.25, 0.3) is 5.56 Å². The zero-order valence-electron chi connectivity index (χ0n) is 14.7. The number of hydrogen-bond acceptors (Lipinski definition) is 7. The van der Waals surface area contributed by atoms with Crippen LogP contribution in [0.2, 0.25) is 0 Å². The van der Waals surface area contributed by atoms with E-state index in [2.05, 4.69) is 15.2 Å². The summed E-state index contributed by atoms with van der Waals surface area (Å²) in [7, 11) is 1.60. The van der Waals surface area contributed by atoms with Gasteiger partial charge in [-0.15, -0.1) is 10.2 Å². The van der Waals surface area contributed by atoms with Gasteiger partial charge in [-0.1, -0.05) is 23.9 Å². The van der Waals surface area contributed by atoms with Crippen molar-refractivity contribution in [2.75, 3.05) is 7.11 Å². The van der Waals surface area contributed by atoms with Gasteiger partial charge >= 0.3 is 0 Å². The van der Waals surface area contributed by atoms with Gasteiger partial charge in [0, 0.05) is 6.92 Å². The predicted octanol–water partition coefficient (Wildman–Crippen LogP) is 3.38. The highest BCUT2D eigenvalue weighted by molar-refractivity contribution is 7.98. The number of thioether (sulfide) groups is 1. The van der Waals surface area contributed by atoms with Gasteiger partial charge in [0.15, 0.2) is 5.16 Å². The van der Waals surface area contributed by atoms with Crippen LogP contribution in [0.4, 0.5) is 0 Å². The molecule has 4 aromatic rings. The lowest BCUT2D eigenvalue weighted by molar-refractivity contribution is 0.414. The summed E-state index contributed by atoms with van der Waals surface area (Å²) in [5.74, 6) is 2.13. The first-order chi connectivity index (χ1) is 13.2. The molecule has 0 bridgehead atoms. The van der Waals surface area contributed by atoms with Crippen LogP contribution in [0.3, 0.4) is 0 Å². The van der Waals surface area contributed by atoms with E-state index in [-0.39, 0.29) is 5.56 Å². The first-order valence-electron chi connectivity index (χ1n) is 8.24. The summed E-state index contributed by atoms with van der Waals surface area (Å²) >= 11 is 1.37. The third kappa shape index (κ3) is 3.43. The number of methoxy groups -OCH3 is 1. The molecule has 7 nitrogen and oxygen atoms in total. The summed E-state index contributed by atoms with van der Waals surface area (Å²) in [6.45, 7) is 1.74. The highest BCUT2D eigenvalue weighted by Gasteiger charge is 2.15. The number of ether oxygens (including phenoxy) is 1. The molecular weight excluding hydrogens is 364 g/mol. The van der Waals surface area contributed by atoms with E-state index in [1.54, 1.807) is 24.7 Å². The van der Waals surface area contributed by atoms with Gasteiger partial charge in [0.05, 0.1) is 29.5 Å². The molecule has 0 saturated heterocycles. The number of hydrogen-bond donors (Lipinski definition) is 0. The zero-order valence-corrected chi connectivity index (χ0v) is 15.6. The van der Waals surface area contributed by atoms with Crippen molar-refractivity contribution in [2.45, 2.75) is 17.8 Å². The van der Waals surface area contributed by atoms with E-state index >= 15 is 0 Å². The summed E-state index contributed by atoms with van der Waals surface area (Å²) in [5, 5.41) is 8.95. The van der Waals surface area contributed by atoms with Crippen LogP contribution < -0.4 is 10.3 Å². The molecule has 8 heteroatoms. The quantitative estimate of drug-likeness (QED) is 0.388. The molecule has 2 aromatic carbocycles. The third-order valence-corrected chi connectivity index (χ3v) is 4.89. The van der Waals surface area contributed by atoms with Crippen LogP contribution in [-0.2, 0) is 5.75 Å². The lowest BCUT2D eigenvalue weighted by Crippen LogP contribution is -2.21. The molecule has 0 aliphatic carbocycles. The Morgan fingerprint density at radius 3 is 2.59 bits per heavy atom. The Morgan fingerprint density at radius 1 is 1.11 bits per heavy atom. The Labute approximate surface area is 159 Å². The molecule has 0 amide bonds. The number of nitrogens with zero attached hydrogens (tertiary/aromatic N) is 4. The maximum Gasteiger partial charge on any atom is 0.266 e. The largest absolute Gasteiger partial charge is 0.497 e. The van der Waals surface area contributed by atoms with E-state index in [0.29, 0.717) is 39.3 Å². The number of rotatable bonds is 5. The van der Waals surface area contributed by atoms with E-state index in [1.165, 1.54) is 11.8 Å². The molecule has 0 radical (unpaired) electrons. The zero-order chi connectivity index (χ0) is 18.8. The number of para-hydroxylation sites is 1. The number of fused-ring (bicyclic) bond motifs is 1. The topological polar surface area (TPSA) is 83.0 Å². The number of aryl methyl sites for hydroxylation is 1. The summed E-state index contributed by atoms with van der Waals surface area (Å²) in [4.78, 5) is 17.8. The molecule has 0 unspecified atom stereocenters. The van der Waals surface area contributed by atoms with E-state index in [4.69, 9.17) is 9.15 Å². The fraction of sp³-hybridized carbons (Fsp3) is 0.158. The van der Waals surface area contributed by atoms with Crippen molar-refractivity contribution in [2.24, 2.45) is 0 Å². The van der Waals surface area contributed by atoms with Crippen LogP contribution in [-0.4, -0.2) is 26.9 Å². The summed E-state index contributed by atoms with van der Waals surface area (Å²) in [5.41, 5.74) is 1.23. The summed E-state index contributed by atoms with van der Waals surface area (Å²) < 4.78 is 12.2. The fourth-order valence-corrected chi connectivity index (χ4v) is 3.54. The highest BCUT2D eigenvalue weighted by Crippen LogP contribution is 2.25. The number of aromatic nitrogens is 4. The molecule has 2 aromatic heterocycles. The molecule has 0 aliphatic heterocycles. The van der Waals surface area contributed by atoms with Crippen LogP contribution >= 0.6 is 11.8 Å². The van der Waals surface area contributed by atoms with Gasteiger partial charge in [-0.05, 0) is 36.4 Å².